The van der Waals surface area contributed by atoms with Crippen LogP contribution in [0.15, 0.2) is 0 Å². The van der Waals surface area contributed by atoms with Crippen molar-refractivity contribution in [2.24, 2.45) is 46.3 Å². The molecule has 0 aromatic rings. The van der Waals surface area contributed by atoms with Crippen molar-refractivity contribution in [2.45, 2.75) is 97.2 Å². The average Bonchev–Trinajstić information content (AvgIpc) is 2.98. The quantitative estimate of drug-likeness (QED) is 0.706. The Balaban J connectivity index is 1.58. The molecular weight excluding hydrogens is 336 g/mol. The molecule has 4 saturated carbocycles. The molecule has 0 aromatic heterocycles. The van der Waals surface area contributed by atoms with Crippen LogP contribution in [0.2, 0.25) is 0 Å². The lowest BCUT2D eigenvalue weighted by Crippen LogP contribution is -2.58. The highest BCUT2D eigenvalue weighted by atomic mass is 16.3. The Morgan fingerprint density at radius 1 is 1.00 bits per heavy atom. The summed E-state index contributed by atoms with van der Waals surface area (Å²) in [5, 5.41) is 21.4. The lowest BCUT2D eigenvalue weighted by Gasteiger charge is -2.62. The molecule has 154 valence electrons. The van der Waals surface area contributed by atoms with Gasteiger partial charge in [0.05, 0.1) is 12.2 Å². The smallest absolute Gasteiger partial charge is 0.120 e. The van der Waals surface area contributed by atoms with Gasteiger partial charge in [0.2, 0.25) is 0 Å². The number of carbonyl (C=O) groups is 1. The predicted molar refractivity (Wildman–Crippen MR) is 107 cm³/mol. The Bertz CT molecular complexity index is 562. The monoisotopic (exact) mass is 376 g/mol. The highest BCUT2D eigenvalue weighted by Crippen LogP contribution is 2.68. The lowest BCUT2D eigenvalue weighted by molar-refractivity contribution is -0.174. The van der Waals surface area contributed by atoms with Gasteiger partial charge in [-0.25, -0.2) is 0 Å². The van der Waals surface area contributed by atoms with Crippen LogP contribution in [0.3, 0.4) is 0 Å². The zero-order valence-corrected chi connectivity index (χ0v) is 17.6. The first kappa shape index (κ1) is 19.9. The van der Waals surface area contributed by atoms with Crippen molar-refractivity contribution in [3.05, 3.63) is 0 Å². The Morgan fingerprint density at radius 2 is 1.70 bits per heavy atom. The number of fused-ring (bicyclic) bond motifs is 5. The van der Waals surface area contributed by atoms with Gasteiger partial charge in [-0.15, -0.1) is 0 Å². The number of hydrogen-bond acceptors (Lipinski definition) is 3. The van der Waals surface area contributed by atoms with Gasteiger partial charge in [0.1, 0.15) is 6.29 Å². The van der Waals surface area contributed by atoms with E-state index in [1.165, 1.54) is 25.7 Å². The number of hydrogen-bond donors (Lipinski definition) is 2. The Hall–Kier alpha value is -0.410. The fourth-order valence-electron chi connectivity index (χ4n) is 8.71. The van der Waals surface area contributed by atoms with E-state index in [-0.39, 0.29) is 12.2 Å². The molecule has 4 fully saturated rings. The first-order chi connectivity index (χ1) is 12.8. The van der Waals surface area contributed by atoms with Crippen LogP contribution in [0, 0.1) is 46.3 Å². The third kappa shape index (κ3) is 3.03. The second-order valence-electron chi connectivity index (χ2n) is 11.2. The number of aldehydes is 1. The molecule has 3 nitrogen and oxygen atoms in total. The van der Waals surface area contributed by atoms with Gasteiger partial charge in [-0.1, -0.05) is 20.8 Å². The molecule has 10 atom stereocenters. The van der Waals surface area contributed by atoms with Crippen molar-refractivity contribution in [1.82, 2.24) is 0 Å². The van der Waals surface area contributed by atoms with E-state index in [1.807, 2.05) is 0 Å². The molecule has 5 unspecified atom stereocenters. The van der Waals surface area contributed by atoms with E-state index in [1.54, 1.807) is 0 Å². The largest absolute Gasteiger partial charge is 0.393 e. The summed E-state index contributed by atoms with van der Waals surface area (Å²) in [7, 11) is 0. The number of rotatable bonds is 4. The first-order valence-corrected chi connectivity index (χ1v) is 11.6. The van der Waals surface area contributed by atoms with Gasteiger partial charge in [0, 0.05) is 6.42 Å². The molecule has 4 aliphatic carbocycles. The molecule has 3 heteroatoms. The van der Waals surface area contributed by atoms with Gasteiger partial charge in [-0.05, 0) is 104 Å². The molecule has 0 radical (unpaired) electrons. The van der Waals surface area contributed by atoms with E-state index in [0.29, 0.717) is 52.8 Å². The van der Waals surface area contributed by atoms with Gasteiger partial charge in [-0.2, -0.15) is 0 Å². The van der Waals surface area contributed by atoms with Crippen LogP contribution in [-0.4, -0.2) is 28.7 Å². The molecule has 0 spiro atoms. The molecule has 4 aliphatic rings. The molecule has 2 N–H and O–H groups in total. The second-order valence-corrected chi connectivity index (χ2v) is 11.2. The zero-order valence-electron chi connectivity index (χ0n) is 17.6. The first-order valence-electron chi connectivity index (χ1n) is 11.6. The predicted octanol–water partition coefficient (Wildman–Crippen LogP) is 4.59. The van der Waals surface area contributed by atoms with Crippen molar-refractivity contribution < 1.29 is 15.0 Å². The average molecular weight is 377 g/mol. The molecule has 0 bridgehead atoms. The van der Waals surface area contributed by atoms with Crippen molar-refractivity contribution in [2.75, 3.05) is 0 Å². The van der Waals surface area contributed by atoms with Gasteiger partial charge in [0.25, 0.3) is 0 Å². The summed E-state index contributed by atoms with van der Waals surface area (Å²) < 4.78 is 0. The van der Waals surface area contributed by atoms with Crippen molar-refractivity contribution >= 4 is 6.29 Å². The molecular formula is C24H40O3. The molecule has 0 saturated heterocycles. The molecule has 0 aromatic carbocycles. The summed E-state index contributed by atoms with van der Waals surface area (Å²) in [6.45, 7) is 7.34. The van der Waals surface area contributed by atoms with E-state index in [9.17, 15) is 15.0 Å². The highest BCUT2D eigenvalue weighted by Gasteiger charge is 2.62. The maximum atomic E-state index is 11.2. The molecule has 27 heavy (non-hydrogen) atoms. The molecule has 0 aliphatic heterocycles. The number of carbonyl (C=O) groups excluding carboxylic acids is 1. The van der Waals surface area contributed by atoms with E-state index in [4.69, 9.17) is 0 Å². The Kier molecular flexibility index (Phi) is 5.25. The molecule has 0 amide bonds. The summed E-state index contributed by atoms with van der Waals surface area (Å²) in [5.41, 5.74) is 0.646. The molecule has 0 heterocycles. The van der Waals surface area contributed by atoms with Crippen LogP contribution < -0.4 is 0 Å². The normalized spacial score (nSPS) is 53.1. The third-order valence-electron chi connectivity index (χ3n) is 10.2. The maximum absolute atomic E-state index is 11.2. The van der Waals surface area contributed by atoms with Gasteiger partial charge < -0.3 is 15.0 Å². The SMILES string of the molecule is C[C@H](CCC=O)C1CCC2C3C(CC[C@@]21C)[C@@]1(C)CC[C@@H](O)CC1C[C@H]3O. The molecule has 4 rings (SSSR count). The van der Waals surface area contributed by atoms with Crippen LogP contribution in [0.5, 0.6) is 0 Å². The standard InChI is InChI=1S/C24H40O3/c1-15(5-4-12-25)18-6-7-19-22-20(9-11-24(18,19)3)23(2)10-8-17(26)13-16(23)14-21(22)27/h12,15-22,26-27H,4-11,13-14H2,1-3H3/t15-,16?,17-,18?,19?,20?,21-,22?,23+,24-/m1/s1. The minimum Gasteiger partial charge on any atom is -0.393 e. The number of aliphatic hydroxyl groups excluding tert-OH is 2. The fraction of sp³-hybridized carbons (Fsp3) is 0.958. The summed E-state index contributed by atoms with van der Waals surface area (Å²) in [4.78, 5) is 10.9. The van der Waals surface area contributed by atoms with Gasteiger partial charge in [-0.3, -0.25) is 0 Å². The van der Waals surface area contributed by atoms with Crippen LogP contribution in [0.1, 0.15) is 85.0 Å². The lowest BCUT2D eigenvalue weighted by atomic mass is 9.43. The van der Waals surface area contributed by atoms with Crippen LogP contribution in [0.4, 0.5) is 0 Å². The van der Waals surface area contributed by atoms with Crippen molar-refractivity contribution in [3.63, 3.8) is 0 Å². The Labute approximate surface area is 165 Å². The van der Waals surface area contributed by atoms with E-state index in [0.717, 1.165) is 38.4 Å². The third-order valence-corrected chi connectivity index (χ3v) is 10.2. The van der Waals surface area contributed by atoms with Crippen molar-refractivity contribution in [1.29, 1.82) is 0 Å². The maximum Gasteiger partial charge on any atom is 0.120 e. The van der Waals surface area contributed by atoms with Gasteiger partial charge in [0.15, 0.2) is 0 Å². The summed E-state index contributed by atoms with van der Waals surface area (Å²) in [6.07, 6.45) is 11.4. The second kappa shape index (κ2) is 7.13. The fourth-order valence-corrected chi connectivity index (χ4v) is 8.71. The highest BCUT2D eigenvalue weighted by molar-refractivity contribution is 5.49. The van der Waals surface area contributed by atoms with Crippen LogP contribution in [-0.2, 0) is 4.79 Å². The van der Waals surface area contributed by atoms with Crippen LogP contribution in [0.25, 0.3) is 0 Å². The van der Waals surface area contributed by atoms with Crippen LogP contribution >= 0.6 is 0 Å². The van der Waals surface area contributed by atoms with E-state index >= 15 is 0 Å². The summed E-state index contributed by atoms with van der Waals surface area (Å²) in [5.74, 6) is 3.51. The van der Waals surface area contributed by atoms with Crippen molar-refractivity contribution in [3.8, 4) is 0 Å². The zero-order chi connectivity index (χ0) is 19.4. The number of aliphatic hydroxyl groups is 2. The Morgan fingerprint density at radius 3 is 2.44 bits per heavy atom. The minimum atomic E-state index is -0.188. The topological polar surface area (TPSA) is 57.5 Å². The summed E-state index contributed by atoms with van der Waals surface area (Å²) >= 11 is 0. The summed E-state index contributed by atoms with van der Waals surface area (Å²) in [6, 6.07) is 0. The van der Waals surface area contributed by atoms with E-state index in [2.05, 4.69) is 20.8 Å². The minimum absolute atomic E-state index is 0.157. The van der Waals surface area contributed by atoms with E-state index < -0.39 is 0 Å². The van der Waals surface area contributed by atoms with Gasteiger partial charge >= 0.3 is 0 Å².